The van der Waals surface area contributed by atoms with Crippen LogP contribution < -0.4 is 10.1 Å². The van der Waals surface area contributed by atoms with Gasteiger partial charge in [-0.15, -0.1) is 0 Å². The number of hydrogen-bond acceptors (Lipinski definition) is 3. The molecule has 1 aliphatic heterocycles. The molecule has 3 aromatic carbocycles. The van der Waals surface area contributed by atoms with Crippen molar-refractivity contribution in [2.24, 2.45) is 0 Å². The van der Waals surface area contributed by atoms with Crippen LogP contribution in [0.3, 0.4) is 0 Å². The first-order valence-corrected chi connectivity index (χ1v) is 10.1. The summed E-state index contributed by atoms with van der Waals surface area (Å²) in [5, 5.41) is 3.56. The van der Waals surface area contributed by atoms with Gasteiger partial charge in [0.2, 0.25) is 0 Å². The van der Waals surface area contributed by atoms with Gasteiger partial charge in [0.15, 0.2) is 0 Å². The number of carbonyl (C=O) groups is 1. The van der Waals surface area contributed by atoms with Crippen LogP contribution in [-0.4, -0.2) is 37.0 Å². The molecule has 0 radical (unpaired) electrons. The number of benzene rings is 3. The van der Waals surface area contributed by atoms with Crippen LogP contribution in [0.5, 0.6) is 5.75 Å². The average Bonchev–Trinajstić information content (AvgIpc) is 2.80. The minimum absolute atomic E-state index is 0.101. The fraction of sp³-hybridized carbons (Fsp3) is 0.240. The van der Waals surface area contributed by atoms with E-state index in [1.807, 2.05) is 65.6 Å². The van der Waals surface area contributed by atoms with E-state index in [1.165, 1.54) is 0 Å². The molecule has 0 unspecified atom stereocenters. The molecular formula is C25H26N2O2. The van der Waals surface area contributed by atoms with Crippen molar-refractivity contribution in [2.75, 3.05) is 25.5 Å². The van der Waals surface area contributed by atoms with Crippen LogP contribution >= 0.6 is 0 Å². The number of nitrogens with one attached hydrogen (secondary N) is 1. The van der Waals surface area contributed by atoms with Crippen molar-refractivity contribution < 1.29 is 9.53 Å². The lowest BCUT2D eigenvalue weighted by atomic mass is 10.0. The summed E-state index contributed by atoms with van der Waals surface area (Å²) in [5.74, 6) is 0.943. The second-order valence-corrected chi connectivity index (χ2v) is 7.41. The Hall–Kier alpha value is -3.27. The Labute approximate surface area is 172 Å². The molecule has 29 heavy (non-hydrogen) atoms. The Morgan fingerprint density at radius 1 is 0.966 bits per heavy atom. The maximum absolute atomic E-state index is 13.1. The quantitative estimate of drug-likeness (QED) is 0.665. The highest BCUT2D eigenvalue weighted by Gasteiger charge is 2.24. The van der Waals surface area contributed by atoms with E-state index in [4.69, 9.17) is 4.74 Å². The van der Waals surface area contributed by atoms with Gasteiger partial charge >= 0.3 is 0 Å². The number of ether oxygens (including phenoxy) is 1. The highest BCUT2D eigenvalue weighted by atomic mass is 16.5. The Balaban J connectivity index is 1.44. The molecule has 0 spiro atoms. The summed E-state index contributed by atoms with van der Waals surface area (Å²) >= 11 is 0. The van der Waals surface area contributed by atoms with Gasteiger partial charge in [-0.05, 0) is 60.4 Å². The zero-order chi connectivity index (χ0) is 20.1. The summed E-state index contributed by atoms with van der Waals surface area (Å²) in [7, 11) is 1.67. The fourth-order valence-corrected chi connectivity index (χ4v) is 3.85. The largest absolute Gasteiger partial charge is 0.497 e. The van der Waals surface area contributed by atoms with Gasteiger partial charge in [0.05, 0.1) is 7.11 Å². The molecule has 1 heterocycles. The van der Waals surface area contributed by atoms with Crippen molar-refractivity contribution in [3.8, 4) is 16.9 Å². The van der Waals surface area contributed by atoms with Gasteiger partial charge in [-0.3, -0.25) is 4.79 Å². The van der Waals surface area contributed by atoms with E-state index in [-0.39, 0.29) is 11.9 Å². The van der Waals surface area contributed by atoms with Crippen molar-refractivity contribution in [1.82, 2.24) is 4.90 Å². The lowest BCUT2D eigenvalue weighted by Crippen LogP contribution is -2.45. The minimum atomic E-state index is 0.101. The monoisotopic (exact) mass is 386 g/mol. The zero-order valence-corrected chi connectivity index (χ0v) is 16.7. The summed E-state index contributed by atoms with van der Waals surface area (Å²) in [5.41, 5.74) is 3.99. The predicted molar refractivity (Wildman–Crippen MR) is 117 cm³/mol. The van der Waals surface area contributed by atoms with Gasteiger partial charge in [-0.2, -0.15) is 0 Å². The summed E-state index contributed by atoms with van der Waals surface area (Å²) in [6.07, 6.45) is 2.05. The smallest absolute Gasteiger partial charge is 0.253 e. The molecule has 0 bridgehead atoms. The standard InChI is InChI=1S/C25H26N2O2/c1-29-24-14-12-22(13-15-24)26-23-11-6-16-27(18-23)25(28)21-10-5-9-20(17-21)19-7-3-2-4-8-19/h2-5,7-10,12-15,17,23,26H,6,11,16,18H2,1H3/t23-/m0/s1. The molecule has 1 aliphatic rings. The fourth-order valence-electron chi connectivity index (χ4n) is 3.85. The first-order chi connectivity index (χ1) is 14.2. The number of anilines is 1. The minimum Gasteiger partial charge on any atom is -0.497 e. The maximum atomic E-state index is 13.1. The summed E-state index contributed by atoms with van der Waals surface area (Å²) in [6, 6.07) is 26.3. The third-order valence-electron chi connectivity index (χ3n) is 5.39. The van der Waals surface area contributed by atoms with Crippen molar-refractivity contribution >= 4 is 11.6 Å². The molecule has 0 saturated carbocycles. The first-order valence-electron chi connectivity index (χ1n) is 10.1. The normalized spacial score (nSPS) is 16.3. The number of amides is 1. The number of carbonyl (C=O) groups excluding carboxylic acids is 1. The van der Waals surface area contributed by atoms with E-state index in [9.17, 15) is 4.79 Å². The third kappa shape index (κ3) is 4.60. The Morgan fingerprint density at radius 2 is 1.72 bits per heavy atom. The van der Waals surface area contributed by atoms with E-state index in [0.717, 1.165) is 47.5 Å². The molecule has 0 aliphatic carbocycles. The number of rotatable bonds is 5. The second kappa shape index (κ2) is 8.82. The van der Waals surface area contributed by atoms with Gasteiger partial charge in [0.25, 0.3) is 5.91 Å². The van der Waals surface area contributed by atoms with Crippen LogP contribution in [0.15, 0.2) is 78.9 Å². The summed E-state index contributed by atoms with van der Waals surface area (Å²) < 4.78 is 5.22. The van der Waals surface area contributed by atoms with E-state index >= 15 is 0 Å². The first kappa shape index (κ1) is 19.1. The zero-order valence-electron chi connectivity index (χ0n) is 16.7. The highest BCUT2D eigenvalue weighted by molar-refractivity contribution is 5.95. The van der Waals surface area contributed by atoms with E-state index in [1.54, 1.807) is 7.11 Å². The van der Waals surface area contributed by atoms with E-state index < -0.39 is 0 Å². The van der Waals surface area contributed by atoms with Crippen LogP contribution in [0.25, 0.3) is 11.1 Å². The molecule has 0 aromatic heterocycles. The lowest BCUT2D eigenvalue weighted by molar-refractivity contribution is 0.0715. The number of nitrogens with zero attached hydrogens (tertiary/aromatic N) is 1. The number of likely N-dealkylation sites (tertiary alicyclic amines) is 1. The van der Waals surface area contributed by atoms with Crippen molar-refractivity contribution in [2.45, 2.75) is 18.9 Å². The van der Waals surface area contributed by atoms with Crippen LogP contribution in [0.1, 0.15) is 23.2 Å². The van der Waals surface area contributed by atoms with Crippen molar-refractivity contribution in [1.29, 1.82) is 0 Å². The molecule has 148 valence electrons. The third-order valence-corrected chi connectivity index (χ3v) is 5.39. The van der Waals surface area contributed by atoms with Crippen molar-refractivity contribution in [3.05, 3.63) is 84.4 Å². The number of piperidine rings is 1. The molecular weight excluding hydrogens is 360 g/mol. The Kier molecular flexibility index (Phi) is 5.80. The summed E-state index contributed by atoms with van der Waals surface area (Å²) in [6.45, 7) is 1.51. The van der Waals surface area contributed by atoms with Gasteiger partial charge in [0.1, 0.15) is 5.75 Å². The van der Waals surface area contributed by atoms with Crippen molar-refractivity contribution in [3.63, 3.8) is 0 Å². The van der Waals surface area contributed by atoms with Crippen LogP contribution in [0.4, 0.5) is 5.69 Å². The van der Waals surface area contributed by atoms with Gasteiger partial charge < -0.3 is 15.0 Å². The highest BCUT2D eigenvalue weighted by Crippen LogP contribution is 2.23. The molecule has 4 heteroatoms. The molecule has 1 fully saturated rings. The molecule has 1 N–H and O–H groups in total. The van der Waals surface area contributed by atoms with Crippen LogP contribution in [-0.2, 0) is 0 Å². The predicted octanol–water partition coefficient (Wildman–Crippen LogP) is 5.08. The average molecular weight is 386 g/mol. The molecule has 1 amide bonds. The molecule has 4 nitrogen and oxygen atoms in total. The van der Waals surface area contributed by atoms with Gasteiger partial charge in [0, 0.05) is 30.4 Å². The van der Waals surface area contributed by atoms with Crippen LogP contribution in [0, 0.1) is 0 Å². The lowest BCUT2D eigenvalue weighted by Gasteiger charge is -2.34. The molecule has 3 aromatic rings. The molecule has 1 saturated heterocycles. The SMILES string of the molecule is COc1ccc(N[C@H]2CCCN(C(=O)c3cccc(-c4ccccc4)c3)C2)cc1. The van der Waals surface area contributed by atoms with E-state index in [2.05, 4.69) is 23.5 Å². The maximum Gasteiger partial charge on any atom is 0.253 e. The topological polar surface area (TPSA) is 41.6 Å². The Morgan fingerprint density at radius 3 is 2.48 bits per heavy atom. The van der Waals surface area contributed by atoms with E-state index in [0.29, 0.717) is 6.54 Å². The second-order valence-electron chi connectivity index (χ2n) is 7.41. The summed E-state index contributed by atoms with van der Waals surface area (Å²) in [4.78, 5) is 15.1. The van der Waals surface area contributed by atoms with Gasteiger partial charge in [-0.25, -0.2) is 0 Å². The molecule has 1 atom stereocenters. The number of methoxy groups -OCH3 is 1. The van der Waals surface area contributed by atoms with Gasteiger partial charge in [-0.1, -0.05) is 42.5 Å². The van der Waals surface area contributed by atoms with Crippen LogP contribution in [0.2, 0.25) is 0 Å². The number of hydrogen-bond donors (Lipinski definition) is 1. The molecule has 4 rings (SSSR count). The Bertz CT molecular complexity index is 954.